The van der Waals surface area contributed by atoms with Crippen molar-refractivity contribution >= 4 is 9.84 Å². The van der Waals surface area contributed by atoms with E-state index in [1.807, 2.05) is 6.92 Å². The van der Waals surface area contributed by atoms with Crippen LogP contribution in [0.15, 0.2) is 0 Å². The van der Waals surface area contributed by atoms with Gasteiger partial charge in [0.15, 0.2) is 9.84 Å². The van der Waals surface area contributed by atoms with Crippen LogP contribution in [0.4, 0.5) is 0 Å². The Morgan fingerprint density at radius 1 is 1.23 bits per heavy atom. The normalized spacial score (nSPS) is 17.4. The van der Waals surface area contributed by atoms with Gasteiger partial charge in [0.25, 0.3) is 0 Å². The molecule has 0 fully saturated rings. The third-order valence-electron chi connectivity index (χ3n) is 2.55. The Morgan fingerprint density at radius 3 is 1.92 bits per heavy atom. The van der Waals surface area contributed by atoms with Crippen molar-refractivity contribution in [3.63, 3.8) is 0 Å². The molecule has 0 rings (SSSR count). The van der Waals surface area contributed by atoms with E-state index in [1.165, 1.54) is 0 Å². The third-order valence-corrected chi connectivity index (χ3v) is 5.23. The van der Waals surface area contributed by atoms with Crippen molar-refractivity contribution in [1.29, 1.82) is 0 Å². The quantitative estimate of drug-likeness (QED) is 0.737. The van der Waals surface area contributed by atoms with Gasteiger partial charge in [-0.05, 0) is 34.2 Å². The van der Waals surface area contributed by atoms with Crippen LogP contribution in [-0.2, 0) is 9.84 Å². The van der Waals surface area contributed by atoms with E-state index in [0.29, 0.717) is 0 Å². The predicted octanol–water partition coefficient (Wildman–Crippen LogP) is 1.20. The van der Waals surface area contributed by atoms with E-state index in [-0.39, 0.29) is 16.5 Å². The fraction of sp³-hybridized carbons (Fsp3) is 1.00. The molecule has 13 heavy (non-hydrogen) atoms. The SMILES string of the molecule is CCC(NC)C(C)S(=O)(=O)C(C)C. The highest BCUT2D eigenvalue weighted by Gasteiger charge is 2.29. The molecule has 0 heterocycles. The fourth-order valence-electron chi connectivity index (χ4n) is 1.43. The minimum Gasteiger partial charge on any atom is -0.316 e. The first kappa shape index (κ1) is 12.9. The monoisotopic (exact) mass is 207 g/mol. The van der Waals surface area contributed by atoms with Crippen molar-refractivity contribution in [2.24, 2.45) is 0 Å². The summed E-state index contributed by atoms with van der Waals surface area (Å²) in [6, 6.07) is 0.0624. The first-order valence-electron chi connectivity index (χ1n) is 4.77. The van der Waals surface area contributed by atoms with Gasteiger partial charge in [-0.2, -0.15) is 0 Å². The highest BCUT2D eigenvalue weighted by molar-refractivity contribution is 7.92. The highest BCUT2D eigenvalue weighted by atomic mass is 32.2. The first-order chi connectivity index (χ1) is 5.87. The van der Waals surface area contributed by atoms with Gasteiger partial charge in [-0.25, -0.2) is 8.42 Å². The summed E-state index contributed by atoms with van der Waals surface area (Å²) in [4.78, 5) is 0. The predicted molar refractivity (Wildman–Crippen MR) is 56.7 cm³/mol. The number of hydrogen-bond donors (Lipinski definition) is 1. The topological polar surface area (TPSA) is 46.2 Å². The Morgan fingerprint density at radius 2 is 1.69 bits per heavy atom. The van der Waals surface area contributed by atoms with Gasteiger partial charge in [0, 0.05) is 6.04 Å². The van der Waals surface area contributed by atoms with Crippen molar-refractivity contribution in [1.82, 2.24) is 5.32 Å². The van der Waals surface area contributed by atoms with E-state index in [9.17, 15) is 8.42 Å². The van der Waals surface area contributed by atoms with Crippen molar-refractivity contribution in [2.75, 3.05) is 7.05 Å². The molecule has 3 nitrogen and oxygen atoms in total. The zero-order valence-electron chi connectivity index (χ0n) is 9.16. The minimum atomic E-state index is -2.96. The van der Waals surface area contributed by atoms with Gasteiger partial charge >= 0.3 is 0 Å². The van der Waals surface area contributed by atoms with Crippen LogP contribution in [-0.4, -0.2) is 32.0 Å². The Balaban J connectivity index is 4.67. The lowest BCUT2D eigenvalue weighted by atomic mass is 10.2. The molecular weight excluding hydrogens is 186 g/mol. The Labute approximate surface area is 81.8 Å². The molecule has 4 heteroatoms. The van der Waals surface area contributed by atoms with E-state index >= 15 is 0 Å². The molecule has 0 aliphatic carbocycles. The maximum atomic E-state index is 11.7. The number of nitrogens with one attached hydrogen (secondary N) is 1. The van der Waals surface area contributed by atoms with E-state index in [2.05, 4.69) is 5.32 Å². The molecular formula is C9H21NO2S. The number of sulfone groups is 1. The minimum absolute atomic E-state index is 0.0624. The lowest BCUT2D eigenvalue weighted by Crippen LogP contribution is -2.42. The summed E-state index contributed by atoms with van der Waals surface area (Å²) in [7, 11) is -1.16. The van der Waals surface area contributed by atoms with Crippen molar-refractivity contribution in [3.8, 4) is 0 Å². The average Bonchev–Trinajstić information content (AvgIpc) is 2.06. The molecule has 1 N–H and O–H groups in total. The molecule has 0 aliphatic rings. The van der Waals surface area contributed by atoms with E-state index < -0.39 is 9.84 Å². The summed E-state index contributed by atoms with van der Waals surface area (Å²) < 4.78 is 23.5. The lowest BCUT2D eigenvalue weighted by molar-refractivity contribution is 0.500. The van der Waals surface area contributed by atoms with Crippen LogP contribution in [0, 0.1) is 0 Å². The van der Waals surface area contributed by atoms with Crippen molar-refractivity contribution in [3.05, 3.63) is 0 Å². The van der Waals surface area contributed by atoms with E-state index in [4.69, 9.17) is 0 Å². The smallest absolute Gasteiger partial charge is 0.156 e. The molecule has 80 valence electrons. The second kappa shape index (κ2) is 4.96. The van der Waals surface area contributed by atoms with Gasteiger partial charge in [-0.15, -0.1) is 0 Å². The average molecular weight is 207 g/mol. The Hall–Kier alpha value is -0.0900. The summed E-state index contributed by atoms with van der Waals surface area (Å²) in [6.07, 6.45) is 0.837. The Bertz CT molecular complexity index is 230. The highest BCUT2D eigenvalue weighted by Crippen LogP contribution is 2.14. The van der Waals surface area contributed by atoms with Crippen LogP contribution in [0.1, 0.15) is 34.1 Å². The zero-order valence-corrected chi connectivity index (χ0v) is 9.98. The summed E-state index contributed by atoms with van der Waals surface area (Å²) in [5.74, 6) is 0. The van der Waals surface area contributed by atoms with Crippen LogP contribution in [0.5, 0.6) is 0 Å². The molecule has 0 radical (unpaired) electrons. The summed E-state index contributed by atoms with van der Waals surface area (Å²) in [5, 5.41) is 2.44. The molecule has 0 aromatic rings. The first-order valence-corrected chi connectivity index (χ1v) is 6.38. The molecule has 0 bridgehead atoms. The molecule has 0 aromatic carbocycles. The standard InChI is InChI=1S/C9H21NO2S/c1-6-9(10-5)8(4)13(11,12)7(2)3/h7-10H,6H2,1-5H3. The van der Waals surface area contributed by atoms with E-state index in [1.54, 1.807) is 27.8 Å². The van der Waals surface area contributed by atoms with Crippen LogP contribution in [0.3, 0.4) is 0 Å². The second-order valence-corrected chi connectivity index (χ2v) is 6.51. The second-order valence-electron chi connectivity index (χ2n) is 3.65. The molecule has 0 saturated heterocycles. The molecule has 2 atom stereocenters. The lowest BCUT2D eigenvalue weighted by Gasteiger charge is -2.23. The van der Waals surface area contributed by atoms with Gasteiger partial charge in [-0.1, -0.05) is 6.92 Å². The molecule has 2 unspecified atom stereocenters. The van der Waals surface area contributed by atoms with Gasteiger partial charge < -0.3 is 5.32 Å². The molecule has 0 spiro atoms. The summed E-state index contributed by atoms with van der Waals surface area (Å²) in [5.41, 5.74) is 0. The molecule has 0 aliphatic heterocycles. The number of rotatable bonds is 5. The van der Waals surface area contributed by atoms with Crippen LogP contribution >= 0.6 is 0 Å². The maximum Gasteiger partial charge on any atom is 0.156 e. The third kappa shape index (κ3) is 2.95. The van der Waals surface area contributed by atoms with Crippen LogP contribution < -0.4 is 5.32 Å². The summed E-state index contributed by atoms with van der Waals surface area (Å²) >= 11 is 0. The van der Waals surface area contributed by atoms with E-state index in [0.717, 1.165) is 6.42 Å². The molecule has 0 aromatic heterocycles. The number of hydrogen-bond acceptors (Lipinski definition) is 3. The zero-order chi connectivity index (χ0) is 10.6. The van der Waals surface area contributed by atoms with Gasteiger partial charge in [0.05, 0.1) is 10.5 Å². The van der Waals surface area contributed by atoms with Crippen molar-refractivity contribution in [2.45, 2.75) is 50.7 Å². The Kier molecular flexibility index (Phi) is 4.92. The van der Waals surface area contributed by atoms with Gasteiger partial charge in [0.1, 0.15) is 0 Å². The van der Waals surface area contributed by atoms with Gasteiger partial charge in [0.2, 0.25) is 0 Å². The van der Waals surface area contributed by atoms with Crippen LogP contribution in [0.25, 0.3) is 0 Å². The molecule has 0 amide bonds. The largest absolute Gasteiger partial charge is 0.316 e. The van der Waals surface area contributed by atoms with Crippen molar-refractivity contribution < 1.29 is 8.42 Å². The summed E-state index contributed by atoms with van der Waals surface area (Å²) in [6.45, 7) is 7.23. The van der Waals surface area contributed by atoms with Crippen LogP contribution in [0.2, 0.25) is 0 Å². The van der Waals surface area contributed by atoms with Gasteiger partial charge in [-0.3, -0.25) is 0 Å². The maximum absolute atomic E-state index is 11.7. The fourth-order valence-corrected chi connectivity index (χ4v) is 3.07. The molecule has 0 saturated carbocycles.